The monoisotopic (exact) mass is 300 g/mol. The number of halogens is 1. The molecule has 112 valence electrons. The van der Waals surface area contributed by atoms with Gasteiger partial charge in [-0.25, -0.2) is 9.37 Å². The molecule has 0 aromatic carbocycles. The summed E-state index contributed by atoms with van der Waals surface area (Å²) in [4.78, 5) is 16.5. The molecule has 2 rings (SSSR count). The predicted molar refractivity (Wildman–Crippen MR) is 76.7 cm³/mol. The van der Waals surface area contributed by atoms with Gasteiger partial charge in [-0.3, -0.25) is 4.79 Å². The van der Waals surface area contributed by atoms with E-state index < -0.39 is 11.6 Å². The van der Waals surface area contributed by atoms with Crippen LogP contribution in [0.4, 0.5) is 4.39 Å². The van der Waals surface area contributed by atoms with Crippen LogP contribution in [0.5, 0.6) is 0 Å². The molecule has 1 fully saturated rings. The number of aliphatic carboxylic acids is 1. The summed E-state index contributed by atoms with van der Waals surface area (Å²) in [5.74, 6) is -1.17. The van der Waals surface area contributed by atoms with Crippen LogP contribution in [-0.4, -0.2) is 28.3 Å². The number of carbonyl (C=O) groups is 1. The number of aromatic nitrogens is 1. The Kier molecular flexibility index (Phi) is 4.75. The van der Waals surface area contributed by atoms with Crippen LogP contribution in [0.15, 0.2) is 0 Å². The van der Waals surface area contributed by atoms with Crippen molar-refractivity contribution in [2.75, 3.05) is 6.54 Å². The van der Waals surface area contributed by atoms with Gasteiger partial charge in [-0.05, 0) is 39.5 Å². The Bertz CT molecular complexity index is 462. The van der Waals surface area contributed by atoms with Crippen molar-refractivity contribution in [3.8, 4) is 0 Å². The lowest BCUT2D eigenvalue weighted by Crippen LogP contribution is -2.40. The van der Waals surface area contributed by atoms with Crippen molar-refractivity contribution in [2.24, 2.45) is 5.92 Å². The lowest BCUT2D eigenvalue weighted by molar-refractivity contribution is -0.143. The molecule has 1 aliphatic rings. The van der Waals surface area contributed by atoms with Gasteiger partial charge in [0, 0.05) is 18.0 Å². The number of rotatable bonds is 5. The van der Waals surface area contributed by atoms with Crippen LogP contribution >= 0.6 is 11.3 Å². The number of hydrogen-bond donors (Lipinski definition) is 2. The van der Waals surface area contributed by atoms with Crippen LogP contribution in [-0.2, 0) is 11.3 Å². The minimum absolute atomic E-state index is 0.275. The number of nitrogens with one attached hydrogen (secondary N) is 1. The molecule has 20 heavy (non-hydrogen) atoms. The summed E-state index contributed by atoms with van der Waals surface area (Å²) in [6.45, 7) is 4.85. The highest BCUT2D eigenvalue weighted by atomic mass is 32.1. The van der Waals surface area contributed by atoms with E-state index in [0.29, 0.717) is 32.2 Å². The quantitative estimate of drug-likeness (QED) is 0.878. The van der Waals surface area contributed by atoms with Crippen molar-refractivity contribution in [3.63, 3.8) is 0 Å². The molecule has 0 radical (unpaired) electrons. The van der Waals surface area contributed by atoms with Crippen LogP contribution in [0.25, 0.3) is 0 Å². The number of thiazole rings is 1. The number of hydrogen-bond acceptors (Lipinski definition) is 4. The van der Waals surface area contributed by atoms with Gasteiger partial charge in [0.15, 0.2) is 0 Å². The average Bonchev–Trinajstić information content (AvgIpc) is 2.69. The topological polar surface area (TPSA) is 62.2 Å². The zero-order valence-electron chi connectivity index (χ0n) is 11.9. The molecule has 2 N–H and O–H groups in total. The molecule has 4 nitrogen and oxygen atoms in total. The van der Waals surface area contributed by atoms with E-state index in [1.54, 1.807) is 11.3 Å². The molecular weight excluding hydrogens is 279 g/mol. The maximum atomic E-state index is 14.5. The normalized spacial score (nSPS) is 26.6. The SMILES string of the molecule is Cc1nc(CNCC2(F)CCC(C(=O)O)CC2)sc1C. The highest BCUT2D eigenvalue weighted by molar-refractivity contribution is 7.11. The van der Waals surface area contributed by atoms with E-state index in [-0.39, 0.29) is 12.5 Å². The van der Waals surface area contributed by atoms with E-state index >= 15 is 0 Å². The van der Waals surface area contributed by atoms with Gasteiger partial charge in [-0.1, -0.05) is 0 Å². The van der Waals surface area contributed by atoms with Crippen molar-refractivity contribution < 1.29 is 14.3 Å². The van der Waals surface area contributed by atoms with Gasteiger partial charge in [0.1, 0.15) is 10.7 Å². The second-order valence-electron chi connectivity index (χ2n) is 5.62. The van der Waals surface area contributed by atoms with Gasteiger partial charge in [0.2, 0.25) is 0 Å². The molecule has 0 bridgehead atoms. The van der Waals surface area contributed by atoms with Crippen molar-refractivity contribution in [2.45, 2.75) is 51.7 Å². The van der Waals surface area contributed by atoms with Crippen LogP contribution in [0.1, 0.15) is 41.3 Å². The summed E-state index contributed by atoms with van der Waals surface area (Å²) in [7, 11) is 0. The Morgan fingerprint density at radius 2 is 2.15 bits per heavy atom. The maximum Gasteiger partial charge on any atom is 0.306 e. The van der Waals surface area contributed by atoms with Crippen molar-refractivity contribution >= 4 is 17.3 Å². The van der Waals surface area contributed by atoms with Crippen molar-refractivity contribution in [3.05, 3.63) is 15.6 Å². The molecule has 1 aliphatic carbocycles. The van der Waals surface area contributed by atoms with E-state index in [1.165, 1.54) is 4.88 Å². The second kappa shape index (κ2) is 6.18. The smallest absolute Gasteiger partial charge is 0.306 e. The number of carboxylic acid groups (broad SMARTS) is 1. The molecule has 0 atom stereocenters. The standard InChI is InChI=1S/C14H21FN2O2S/c1-9-10(2)20-12(17-9)7-16-8-14(15)5-3-11(4-6-14)13(18)19/h11,16H,3-8H2,1-2H3,(H,18,19). The van der Waals surface area contributed by atoms with Gasteiger partial charge >= 0.3 is 5.97 Å². The van der Waals surface area contributed by atoms with Crippen LogP contribution < -0.4 is 5.32 Å². The highest BCUT2D eigenvalue weighted by Crippen LogP contribution is 2.34. The third-order valence-corrected chi connectivity index (χ3v) is 5.09. The molecular formula is C14H21FN2O2S. The fourth-order valence-corrected chi connectivity index (χ4v) is 3.47. The summed E-state index contributed by atoms with van der Waals surface area (Å²) in [5, 5.41) is 13.0. The van der Waals surface area contributed by atoms with Gasteiger partial charge < -0.3 is 10.4 Å². The number of nitrogens with zero attached hydrogens (tertiary/aromatic N) is 1. The summed E-state index contributed by atoms with van der Waals surface area (Å²) < 4.78 is 14.5. The summed E-state index contributed by atoms with van der Waals surface area (Å²) in [5.41, 5.74) is -0.239. The fraction of sp³-hybridized carbons (Fsp3) is 0.714. The molecule has 1 aromatic rings. The van der Waals surface area contributed by atoms with Gasteiger partial charge in [-0.2, -0.15) is 0 Å². The Labute approximate surface area is 122 Å². The Morgan fingerprint density at radius 3 is 2.65 bits per heavy atom. The zero-order valence-corrected chi connectivity index (χ0v) is 12.7. The Morgan fingerprint density at radius 1 is 1.50 bits per heavy atom. The first kappa shape index (κ1) is 15.4. The number of carboxylic acids is 1. The van der Waals surface area contributed by atoms with Crippen LogP contribution in [0.3, 0.4) is 0 Å². The van der Waals surface area contributed by atoms with Gasteiger partial charge in [-0.15, -0.1) is 11.3 Å². The van der Waals surface area contributed by atoms with Gasteiger partial charge in [0.05, 0.1) is 11.6 Å². The summed E-state index contributed by atoms with van der Waals surface area (Å²) in [6.07, 6.45) is 1.52. The van der Waals surface area contributed by atoms with E-state index in [2.05, 4.69) is 10.3 Å². The molecule has 1 saturated carbocycles. The number of alkyl halides is 1. The van der Waals surface area contributed by atoms with Gasteiger partial charge in [0.25, 0.3) is 0 Å². The molecule has 0 unspecified atom stereocenters. The minimum Gasteiger partial charge on any atom is -0.481 e. The molecule has 0 amide bonds. The number of aryl methyl sites for hydroxylation is 2. The van der Waals surface area contributed by atoms with E-state index in [4.69, 9.17) is 5.11 Å². The Balaban J connectivity index is 1.78. The third kappa shape index (κ3) is 3.76. The average molecular weight is 300 g/mol. The maximum absolute atomic E-state index is 14.5. The first-order valence-electron chi connectivity index (χ1n) is 6.95. The second-order valence-corrected chi connectivity index (χ2v) is 6.90. The van der Waals surface area contributed by atoms with E-state index in [0.717, 1.165) is 10.7 Å². The lowest BCUT2D eigenvalue weighted by Gasteiger charge is -2.32. The first-order chi connectivity index (χ1) is 9.39. The van der Waals surface area contributed by atoms with E-state index in [1.807, 2.05) is 13.8 Å². The lowest BCUT2D eigenvalue weighted by atomic mass is 9.80. The zero-order chi connectivity index (χ0) is 14.8. The highest BCUT2D eigenvalue weighted by Gasteiger charge is 2.37. The van der Waals surface area contributed by atoms with Crippen molar-refractivity contribution in [1.29, 1.82) is 0 Å². The minimum atomic E-state index is -1.27. The first-order valence-corrected chi connectivity index (χ1v) is 7.77. The molecule has 0 aliphatic heterocycles. The third-order valence-electron chi connectivity index (χ3n) is 4.02. The fourth-order valence-electron chi connectivity index (χ4n) is 2.57. The molecule has 0 saturated heterocycles. The van der Waals surface area contributed by atoms with Crippen LogP contribution in [0, 0.1) is 19.8 Å². The van der Waals surface area contributed by atoms with Crippen LogP contribution in [0.2, 0.25) is 0 Å². The van der Waals surface area contributed by atoms with Crippen molar-refractivity contribution in [1.82, 2.24) is 10.3 Å². The molecule has 6 heteroatoms. The molecule has 1 heterocycles. The summed E-state index contributed by atoms with van der Waals surface area (Å²) >= 11 is 1.63. The Hall–Kier alpha value is -1.01. The molecule has 1 aromatic heterocycles. The molecule has 0 spiro atoms. The largest absolute Gasteiger partial charge is 0.481 e. The predicted octanol–water partition coefficient (Wildman–Crippen LogP) is 2.83. The van der Waals surface area contributed by atoms with E-state index in [9.17, 15) is 9.18 Å². The summed E-state index contributed by atoms with van der Waals surface area (Å²) in [6, 6.07) is 0.